The number of fused-ring (bicyclic) bond motifs is 1. The number of carbonyl (C=O) groups is 2. The van der Waals surface area contributed by atoms with Crippen molar-refractivity contribution in [2.45, 2.75) is 19.8 Å². The zero-order valence-corrected chi connectivity index (χ0v) is 11.5. The number of hydrogen-bond donors (Lipinski definition) is 0. The topological polar surface area (TPSA) is 37.4 Å². The Bertz CT molecular complexity index is 655. The number of anilines is 2. The number of Topliss-reactive ketones (excluding diaryl/α,β-unsaturated/α-hetero) is 1. The molecular weight excluding hydrogens is 258 g/mol. The highest BCUT2D eigenvalue weighted by atomic mass is 32.1. The lowest BCUT2D eigenvalue weighted by Gasteiger charge is -2.16. The van der Waals surface area contributed by atoms with Gasteiger partial charge in [-0.25, -0.2) is 0 Å². The van der Waals surface area contributed by atoms with Crippen LogP contribution in [0.4, 0.5) is 11.4 Å². The van der Waals surface area contributed by atoms with Crippen LogP contribution in [0.5, 0.6) is 0 Å². The Morgan fingerprint density at radius 2 is 1.74 bits per heavy atom. The number of nitrogens with zero attached hydrogens (tertiary/aromatic N) is 1. The van der Waals surface area contributed by atoms with E-state index in [1.54, 1.807) is 5.38 Å². The normalized spacial score (nSPS) is 14.4. The summed E-state index contributed by atoms with van der Waals surface area (Å²) < 4.78 is 0. The smallest absolute Gasteiger partial charge is 0.283 e. The average molecular weight is 271 g/mol. The largest absolute Gasteiger partial charge is 0.304 e. The number of amides is 1. The van der Waals surface area contributed by atoms with Crippen molar-refractivity contribution in [2.75, 3.05) is 4.90 Å². The first kappa shape index (κ1) is 12.1. The molecule has 0 atom stereocenters. The summed E-state index contributed by atoms with van der Waals surface area (Å²) in [5.74, 6) is -0.430. The lowest BCUT2D eigenvalue weighted by molar-refractivity contribution is -0.113. The molecule has 1 aromatic heterocycles. The van der Waals surface area contributed by atoms with E-state index < -0.39 is 11.7 Å². The van der Waals surface area contributed by atoms with Gasteiger partial charge < -0.3 is 0 Å². The molecule has 19 heavy (non-hydrogen) atoms. The standard InChI is InChI=1S/C15H13NO2S/c1-9(2)10-3-5-11(6-4-10)16-13-8-19-7-12(13)14(17)15(16)18/h3-9H,1-2H3. The van der Waals surface area contributed by atoms with Gasteiger partial charge in [-0.2, -0.15) is 0 Å². The number of hydrogen-bond acceptors (Lipinski definition) is 3. The van der Waals surface area contributed by atoms with Gasteiger partial charge in [-0.1, -0.05) is 26.0 Å². The Morgan fingerprint density at radius 3 is 2.37 bits per heavy atom. The molecule has 0 N–H and O–H groups in total. The summed E-state index contributed by atoms with van der Waals surface area (Å²) in [5.41, 5.74) is 3.19. The monoisotopic (exact) mass is 271 g/mol. The van der Waals surface area contributed by atoms with Crippen LogP contribution in [-0.2, 0) is 4.79 Å². The number of benzene rings is 1. The molecule has 4 heteroatoms. The van der Waals surface area contributed by atoms with Crippen molar-refractivity contribution >= 4 is 34.4 Å². The molecule has 96 valence electrons. The maximum Gasteiger partial charge on any atom is 0.304 e. The lowest BCUT2D eigenvalue weighted by atomic mass is 10.0. The zero-order valence-electron chi connectivity index (χ0n) is 10.7. The van der Waals surface area contributed by atoms with Crippen molar-refractivity contribution in [3.05, 3.63) is 46.2 Å². The number of ketones is 1. The van der Waals surface area contributed by atoms with Crippen molar-refractivity contribution in [1.82, 2.24) is 0 Å². The summed E-state index contributed by atoms with van der Waals surface area (Å²) >= 11 is 1.44. The van der Waals surface area contributed by atoms with Gasteiger partial charge in [0.15, 0.2) is 0 Å². The quantitative estimate of drug-likeness (QED) is 0.780. The number of thiophene rings is 1. The van der Waals surface area contributed by atoms with E-state index >= 15 is 0 Å². The van der Waals surface area contributed by atoms with Crippen molar-refractivity contribution in [2.24, 2.45) is 0 Å². The fourth-order valence-corrected chi connectivity index (χ4v) is 3.02. The van der Waals surface area contributed by atoms with Crippen molar-refractivity contribution in [1.29, 1.82) is 0 Å². The van der Waals surface area contributed by atoms with Gasteiger partial charge in [0, 0.05) is 16.4 Å². The number of rotatable bonds is 2. The van der Waals surface area contributed by atoms with Gasteiger partial charge in [-0.15, -0.1) is 11.3 Å². The van der Waals surface area contributed by atoms with E-state index in [0.29, 0.717) is 17.2 Å². The maximum absolute atomic E-state index is 12.0. The van der Waals surface area contributed by atoms with Crippen LogP contribution in [0.1, 0.15) is 35.7 Å². The minimum atomic E-state index is -0.463. The van der Waals surface area contributed by atoms with Crippen LogP contribution in [0.3, 0.4) is 0 Å². The molecule has 1 aromatic carbocycles. The van der Waals surface area contributed by atoms with Gasteiger partial charge in [-0.3, -0.25) is 14.5 Å². The van der Waals surface area contributed by atoms with E-state index in [9.17, 15) is 9.59 Å². The van der Waals surface area contributed by atoms with E-state index in [2.05, 4.69) is 13.8 Å². The first-order chi connectivity index (χ1) is 9.09. The van der Waals surface area contributed by atoms with Crippen LogP contribution in [0.15, 0.2) is 35.0 Å². The van der Waals surface area contributed by atoms with E-state index in [0.717, 1.165) is 5.69 Å². The highest BCUT2D eigenvalue weighted by Crippen LogP contribution is 2.38. The molecule has 3 rings (SSSR count). The summed E-state index contributed by atoms with van der Waals surface area (Å²) in [4.78, 5) is 25.4. The van der Waals surface area contributed by atoms with Crippen LogP contribution in [0.2, 0.25) is 0 Å². The third kappa shape index (κ3) is 1.79. The molecule has 0 spiro atoms. The molecule has 0 unspecified atom stereocenters. The van der Waals surface area contributed by atoms with Crippen molar-refractivity contribution < 1.29 is 9.59 Å². The van der Waals surface area contributed by atoms with Crippen LogP contribution < -0.4 is 4.90 Å². The summed E-state index contributed by atoms with van der Waals surface area (Å²) in [6, 6.07) is 7.80. The second kappa shape index (κ2) is 4.31. The van der Waals surface area contributed by atoms with Gasteiger partial charge in [0.05, 0.1) is 11.3 Å². The third-order valence-corrected chi connectivity index (χ3v) is 4.07. The fourth-order valence-electron chi connectivity index (χ4n) is 2.22. The maximum atomic E-state index is 12.0. The Balaban J connectivity index is 2.03. The Hall–Kier alpha value is -1.94. The Kier molecular flexibility index (Phi) is 2.75. The summed E-state index contributed by atoms with van der Waals surface area (Å²) in [6.45, 7) is 4.24. The van der Waals surface area contributed by atoms with Crippen LogP contribution in [-0.4, -0.2) is 11.7 Å². The summed E-state index contributed by atoms with van der Waals surface area (Å²) in [7, 11) is 0. The Labute approximate surface area is 115 Å². The molecule has 1 aliphatic rings. The van der Waals surface area contributed by atoms with Gasteiger partial charge in [-0.05, 0) is 23.6 Å². The molecule has 2 aromatic rings. The van der Waals surface area contributed by atoms with Crippen LogP contribution in [0, 0.1) is 0 Å². The van der Waals surface area contributed by atoms with Crippen molar-refractivity contribution in [3.63, 3.8) is 0 Å². The zero-order chi connectivity index (χ0) is 13.6. The second-order valence-electron chi connectivity index (χ2n) is 4.89. The van der Waals surface area contributed by atoms with Gasteiger partial charge in [0.1, 0.15) is 0 Å². The van der Waals surface area contributed by atoms with Crippen LogP contribution in [0.25, 0.3) is 0 Å². The van der Waals surface area contributed by atoms with E-state index in [1.807, 2.05) is 29.6 Å². The molecule has 0 aliphatic carbocycles. The number of carbonyl (C=O) groups excluding carboxylic acids is 2. The van der Waals surface area contributed by atoms with E-state index in [1.165, 1.54) is 21.8 Å². The predicted molar refractivity (Wildman–Crippen MR) is 76.3 cm³/mol. The molecule has 2 heterocycles. The summed E-state index contributed by atoms with van der Waals surface area (Å²) in [5, 5.41) is 3.58. The lowest BCUT2D eigenvalue weighted by Crippen LogP contribution is -2.24. The van der Waals surface area contributed by atoms with Gasteiger partial charge in [0.25, 0.3) is 5.78 Å². The molecule has 1 aliphatic heterocycles. The molecule has 0 saturated heterocycles. The van der Waals surface area contributed by atoms with E-state index in [4.69, 9.17) is 0 Å². The molecular formula is C15H13NO2S. The van der Waals surface area contributed by atoms with Gasteiger partial charge >= 0.3 is 5.91 Å². The fraction of sp³-hybridized carbons (Fsp3) is 0.200. The second-order valence-corrected chi connectivity index (χ2v) is 5.63. The van der Waals surface area contributed by atoms with E-state index in [-0.39, 0.29) is 0 Å². The molecule has 0 bridgehead atoms. The minimum absolute atomic E-state index is 0.413. The minimum Gasteiger partial charge on any atom is -0.283 e. The molecule has 1 amide bonds. The average Bonchev–Trinajstić information content (AvgIpc) is 2.95. The van der Waals surface area contributed by atoms with Crippen molar-refractivity contribution in [3.8, 4) is 0 Å². The third-order valence-electron chi connectivity index (χ3n) is 3.34. The first-order valence-corrected chi connectivity index (χ1v) is 7.09. The predicted octanol–water partition coefficient (Wildman–Crippen LogP) is 3.73. The van der Waals surface area contributed by atoms with Gasteiger partial charge in [0.2, 0.25) is 0 Å². The molecule has 0 saturated carbocycles. The highest BCUT2D eigenvalue weighted by molar-refractivity contribution is 7.09. The Morgan fingerprint density at radius 1 is 1.05 bits per heavy atom. The van der Waals surface area contributed by atoms with Crippen LogP contribution >= 0.6 is 11.3 Å². The molecule has 3 nitrogen and oxygen atoms in total. The summed E-state index contributed by atoms with van der Waals surface area (Å²) in [6.07, 6.45) is 0. The first-order valence-electron chi connectivity index (χ1n) is 6.14. The SMILES string of the molecule is CC(C)c1ccc(N2C(=O)C(=O)c3cscc32)cc1. The molecule has 0 radical (unpaired) electrons. The molecule has 0 fully saturated rings. The highest BCUT2D eigenvalue weighted by Gasteiger charge is 2.37.